The summed E-state index contributed by atoms with van der Waals surface area (Å²) >= 11 is 0. The summed E-state index contributed by atoms with van der Waals surface area (Å²) in [5.74, 6) is 0.0414. The number of benzene rings is 4. The van der Waals surface area contributed by atoms with Crippen molar-refractivity contribution in [3.8, 4) is 0 Å². The smallest absolute Gasteiger partial charge is 0.271 e. The number of rotatable bonds is 8. The Kier molecular flexibility index (Phi) is 7.54. The van der Waals surface area contributed by atoms with Crippen LogP contribution in [-0.2, 0) is 0 Å². The van der Waals surface area contributed by atoms with E-state index >= 15 is 0 Å². The fraction of sp³-hybridized carbons (Fsp3) is 0.129. The molecule has 0 fully saturated rings. The molecule has 1 aliphatic rings. The minimum atomic E-state index is -0.654. The van der Waals surface area contributed by atoms with Gasteiger partial charge in [-0.25, -0.2) is 0 Å². The summed E-state index contributed by atoms with van der Waals surface area (Å²) in [6.45, 7) is 0. The van der Waals surface area contributed by atoms with Crippen LogP contribution in [0.2, 0.25) is 0 Å². The Hall–Kier alpha value is -5.11. The quantitative estimate of drug-likeness (QED) is 0.146. The molecule has 4 aromatic carbocycles. The molecule has 0 bridgehead atoms. The van der Waals surface area contributed by atoms with Crippen LogP contribution in [0.25, 0.3) is 11.1 Å². The second-order valence-electron chi connectivity index (χ2n) is 9.32. The van der Waals surface area contributed by atoms with E-state index in [0.29, 0.717) is 0 Å². The van der Waals surface area contributed by atoms with E-state index in [4.69, 9.17) is 5.10 Å². The largest absolute Gasteiger partial charge is 0.301 e. The number of nitrogens with zero attached hydrogens (tertiary/aromatic N) is 3. The molecule has 0 aliphatic heterocycles. The normalized spacial score (nSPS) is 15.6. The predicted octanol–water partition coefficient (Wildman–Crippen LogP) is 7.73. The fourth-order valence-corrected chi connectivity index (χ4v) is 5.06. The van der Waals surface area contributed by atoms with Gasteiger partial charge in [-0.05, 0) is 53.2 Å². The Bertz CT molecular complexity index is 1550. The Balaban J connectivity index is 1.55. The summed E-state index contributed by atoms with van der Waals surface area (Å²) < 4.78 is 0. The number of hydrazone groups is 1. The maximum absolute atomic E-state index is 11.7. The average molecular weight is 519 g/mol. The molecule has 0 heterocycles. The van der Waals surface area contributed by atoms with Crippen LogP contribution in [-0.4, -0.2) is 15.6 Å². The number of nitrogens with one attached hydrogen (secondary N) is 1. The van der Waals surface area contributed by atoms with E-state index in [-0.39, 0.29) is 17.3 Å². The number of nitro groups is 2. The van der Waals surface area contributed by atoms with Crippen molar-refractivity contribution in [1.29, 1.82) is 0 Å². The van der Waals surface area contributed by atoms with Gasteiger partial charge < -0.3 is 0 Å². The molecular weight excluding hydrogens is 492 g/mol. The summed E-state index contributed by atoms with van der Waals surface area (Å²) in [7, 11) is 0. The third-order valence-corrected chi connectivity index (χ3v) is 6.94. The number of hydrogen-bond acceptors (Lipinski definition) is 6. The van der Waals surface area contributed by atoms with Gasteiger partial charge in [0.05, 0.1) is 21.6 Å². The Morgan fingerprint density at radius 2 is 1.33 bits per heavy atom. The highest BCUT2D eigenvalue weighted by Crippen LogP contribution is 2.42. The zero-order chi connectivity index (χ0) is 27.2. The maximum Gasteiger partial charge on any atom is 0.301 e. The maximum atomic E-state index is 11.7. The van der Waals surface area contributed by atoms with Crippen LogP contribution in [0.1, 0.15) is 36.0 Å². The molecular formula is C31H26N4O4. The number of allylic oxidation sites excluding steroid dienone is 2. The molecule has 0 radical (unpaired) electrons. The van der Waals surface area contributed by atoms with Crippen molar-refractivity contribution >= 4 is 33.9 Å². The summed E-state index contributed by atoms with van der Waals surface area (Å²) in [6.07, 6.45) is 2.44. The minimum absolute atomic E-state index is 0.0414. The van der Waals surface area contributed by atoms with E-state index in [0.717, 1.165) is 42.2 Å². The molecule has 39 heavy (non-hydrogen) atoms. The predicted molar refractivity (Wildman–Crippen MR) is 153 cm³/mol. The van der Waals surface area contributed by atoms with Gasteiger partial charge in [-0.3, -0.25) is 25.7 Å². The first-order chi connectivity index (χ1) is 19.0. The van der Waals surface area contributed by atoms with Crippen molar-refractivity contribution in [1.82, 2.24) is 0 Å². The molecule has 1 unspecified atom stereocenters. The Morgan fingerprint density at radius 3 is 1.92 bits per heavy atom. The molecule has 1 aliphatic carbocycles. The lowest BCUT2D eigenvalue weighted by Gasteiger charge is -2.29. The van der Waals surface area contributed by atoms with Crippen molar-refractivity contribution in [2.24, 2.45) is 11.0 Å². The van der Waals surface area contributed by atoms with Gasteiger partial charge in [0.2, 0.25) is 0 Å². The van der Waals surface area contributed by atoms with Crippen molar-refractivity contribution in [3.05, 3.63) is 146 Å². The minimum Gasteiger partial charge on any atom is -0.271 e. The van der Waals surface area contributed by atoms with Crippen molar-refractivity contribution in [2.75, 3.05) is 5.43 Å². The number of hydrogen-bond donors (Lipinski definition) is 1. The van der Waals surface area contributed by atoms with E-state index in [1.165, 1.54) is 28.8 Å². The lowest BCUT2D eigenvalue weighted by Crippen LogP contribution is -2.21. The van der Waals surface area contributed by atoms with E-state index < -0.39 is 15.5 Å². The summed E-state index contributed by atoms with van der Waals surface area (Å²) in [4.78, 5) is 21.5. The van der Waals surface area contributed by atoms with E-state index in [2.05, 4.69) is 41.8 Å². The molecule has 1 atom stereocenters. The van der Waals surface area contributed by atoms with E-state index in [9.17, 15) is 20.2 Å². The van der Waals surface area contributed by atoms with Crippen molar-refractivity contribution in [3.63, 3.8) is 0 Å². The second kappa shape index (κ2) is 11.5. The van der Waals surface area contributed by atoms with Crippen LogP contribution in [0.15, 0.2) is 114 Å². The first-order valence-electron chi connectivity index (χ1n) is 12.7. The highest BCUT2D eigenvalue weighted by molar-refractivity contribution is 6.05. The molecule has 0 aromatic heterocycles. The summed E-state index contributed by atoms with van der Waals surface area (Å²) in [6, 6.07) is 34.0. The third kappa shape index (κ3) is 5.75. The van der Waals surface area contributed by atoms with Gasteiger partial charge in [-0.15, -0.1) is 0 Å². The molecule has 8 heteroatoms. The van der Waals surface area contributed by atoms with Crippen LogP contribution in [0.5, 0.6) is 0 Å². The molecule has 4 aromatic rings. The zero-order valence-electron chi connectivity index (χ0n) is 21.1. The van der Waals surface area contributed by atoms with Crippen molar-refractivity contribution < 1.29 is 9.85 Å². The molecule has 5 rings (SSSR count). The number of anilines is 1. The van der Waals surface area contributed by atoms with Gasteiger partial charge in [0, 0.05) is 12.0 Å². The molecule has 0 spiro atoms. The summed E-state index contributed by atoms with van der Waals surface area (Å²) in [5.41, 5.74) is 8.82. The van der Waals surface area contributed by atoms with E-state index in [1.54, 1.807) is 0 Å². The fourth-order valence-electron chi connectivity index (χ4n) is 5.06. The Morgan fingerprint density at radius 1 is 0.744 bits per heavy atom. The van der Waals surface area contributed by atoms with Crippen molar-refractivity contribution in [2.45, 2.75) is 19.3 Å². The molecule has 0 saturated heterocycles. The number of non-ortho nitro benzene ring substituents is 1. The van der Waals surface area contributed by atoms with Gasteiger partial charge in [-0.1, -0.05) is 91.0 Å². The first kappa shape index (κ1) is 25.5. The Labute approximate surface area is 225 Å². The summed E-state index contributed by atoms with van der Waals surface area (Å²) in [5, 5.41) is 27.5. The van der Waals surface area contributed by atoms with Crippen LogP contribution in [0.4, 0.5) is 17.1 Å². The van der Waals surface area contributed by atoms with Crippen LogP contribution >= 0.6 is 0 Å². The first-order valence-corrected chi connectivity index (χ1v) is 12.7. The molecule has 0 saturated carbocycles. The lowest BCUT2D eigenvalue weighted by molar-refractivity contribution is -0.393. The monoisotopic (exact) mass is 518 g/mol. The molecule has 194 valence electrons. The van der Waals surface area contributed by atoms with E-state index in [1.807, 2.05) is 54.6 Å². The number of nitro benzene ring substituents is 2. The molecule has 8 nitrogen and oxygen atoms in total. The third-order valence-electron chi connectivity index (χ3n) is 6.94. The van der Waals surface area contributed by atoms with Gasteiger partial charge in [0.25, 0.3) is 5.69 Å². The van der Waals surface area contributed by atoms with Crippen LogP contribution in [0, 0.1) is 26.1 Å². The topological polar surface area (TPSA) is 111 Å². The van der Waals surface area contributed by atoms with Gasteiger partial charge >= 0.3 is 5.69 Å². The van der Waals surface area contributed by atoms with Gasteiger partial charge in [0.1, 0.15) is 5.69 Å². The standard InChI is InChI=1S/C31H26N4O4/c36-34(37)26-17-19-29(30(21-26)35(38)39)32-33-31(24-14-8-3-9-15-24)25-16-18-27(22-10-4-1-5-11-22)28(20-25)23-12-6-2-7-13-23/h1-15,17,19,21,25,32H,16,18,20H2. The second-order valence-corrected chi connectivity index (χ2v) is 9.32. The molecule has 1 N–H and O–H groups in total. The highest BCUT2D eigenvalue weighted by atomic mass is 16.6. The van der Waals surface area contributed by atoms with Gasteiger partial charge in [-0.2, -0.15) is 5.10 Å². The lowest BCUT2D eigenvalue weighted by atomic mass is 9.76. The SMILES string of the molecule is O=[N+]([O-])c1ccc(NN=C(c2ccccc2)C2CCC(c3ccccc3)=C(c3ccccc3)C2)c([N+](=O)[O-])c1. The van der Waals surface area contributed by atoms with Crippen LogP contribution < -0.4 is 5.43 Å². The highest BCUT2D eigenvalue weighted by Gasteiger charge is 2.28. The van der Waals surface area contributed by atoms with Gasteiger partial charge in [0.15, 0.2) is 0 Å². The molecule has 0 amide bonds. The average Bonchev–Trinajstić information content (AvgIpc) is 2.98. The van der Waals surface area contributed by atoms with Crippen LogP contribution in [0.3, 0.4) is 0 Å². The zero-order valence-corrected chi connectivity index (χ0v) is 21.1.